The van der Waals surface area contributed by atoms with Crippen LogP contribution in [0.15, 0.2) is 24.3 Å². The van der Waals surface area contributed by atoms with Crippen molar-refractivity contribution in [1.82, 2.24) is 4.90 Å². The van der Waals surface area contributed by atoms with Crippen molar-refractivity contribution in [3.8, 4) is 5.75 Å². The average molecular weight is 363 g/mol. The molecule has 0 aromatic heterocycles. The topological polar surface area (TPSA) is 76.1 Å². The van der Waals surface area contributed by atoms with Gasteiger partial charge in [0.05, 0.1) is 19.1 Å². The molecule has 1 aliphatic rings. The summed E-state index contributed by atoms with van der Waals surface area (Å²) in [6.07, 6.45) is 2.51. The quantitative estimate of drug-likeness (QED) is 0.683. The maximum Gasteiger partial charge on any atom is 0.308 e. The number of aliphatic carboxylic acids is 1. The molecule has 0 aliphatic carbocycles. The number of hydrogen-bond acceptors (Lipinski definition) is 4. The number of nitrogens with zero attached hydrogens (tertiary/aromatic N) is 1. The van der Waals surface area contributed by atoms with E-state index >= 15 is 0 Å². The summed E-state index contributed by atoms with van der Waals surface area (Å²) in [7, 11) is 1.69. The number of benzene rings is 1. The minimum Gasteiger partial charge on any atom is -0.494 e. The predicted octanol–water partition coefficient (Wildman–Crippen LogP) is 2.60. The number of methoxy groups -OCH3 is 1. The second-order valence-electron chi connectivity index (χ2n) is 7.01. The monoisotopic (exact) mass is 363 g/mol. The van der Waals surface area contributed by atoms with Crippen molar-refractivity contribution in [2.24, 2.45) is 11.8 Å². The first-order valence-corrected chi connectivity index (χ1v) is 9.21. The van der Waals surface area contributed by atoms with Gasteiger partial charge < -0.3 is 19.5 Å². The zero-order valence-corrected chi connectivity index (χ0v) is 15.6. The molecule has 1 aromatic rings. The number of rotatable bonds is 9. The average Bonchev–Trinajstić information content (AvgIpc) is 2.63. The van der Waals surface area contributed by atoms with Crippen molar-refractivity contribution in [2.45, 2.75) is 32.6 Å². The highest BCUT2D eigenvalue weighted by atomic mass is 16.5. The van der Waals surface area contributed by atoms with Gasteiger partial charge in [-0.2, -0.15) is 0 Å². The number of piperidine rings is 1. The Morgan fingerprint density at radius 3 is 2.58 bits per heavy atom. The largest absolute Gasteiger partial charge is 0.494 e. The van der Waals surface area contributed by atoms with Crippen LogP contribution in [0.25, 0.3) is 0 Å². The lowest BCUT2D eigenvalue weighted by molar-refractivity contribution is -0.147. The van der Waals surface area contributed by atoms with E-state index in [2.05, 4.69) is 0 Å². The third kappa shape index (κ3) is 6.33. The van der Waals surface area contributed by atoms with Crippen molar-refractivity contribution >= 4 is 11.9 Å². The van der Waals surface area contributed by atoms with Crippen LogP contribution in [0, 0.1) is 11.8 Å². The molecule has 1 N–H and O–H groups in total. The second kappa shape index (κ2) is 10.2. The summed E-state index contributed by atoms with van der Waals surface area (Å²) in [6, 6.07) is 7.88. The van der Waals surface area contributed by atoms with Gasteiger partial charge in [0.1, 0.15) is 5.75 Å². The molecule has 6 heteroatoms. The number of hydrogen-bond donors (Lipinski definition) is 1. The molecule has 0 bridgehead atoms. The molecule has 1 aromatic carbocycles. The molecule has 6 nitrogen and oxygen atoms in total. The number of carboxylic acid groups (broad SMARTS) is 1. The molecular weight excluding hydrogens is 334 g/mol. The Morgan fingerprint density at radius 2 is 1.92 bits per heavy atom. The Bertz CT molecular complexity index is 586. The van der Waals surface area contributed by atoms with Gasteiger partial charge in [0, 0.05) is 26.6 Å². The normalized spacial score (nSPS) is 20.0. The van der Waals surface area contributed by atoms with Crippen LogP contribution in [0.1, 0.15) is 31.7 Å². The van der Waals surface area contributed by atoms with Gasteiger partial charge in [0.15, 0.2) is 0 Å². The molecule has 1 heterocycles. The van der Waals surface area contributed by atoms with Crippen LogP contribution in [0.5, 0.6) is 5.75 Å². The summed E-state index contributed by atoms with van der Waals surface area (Å²) in [4.78, 5) is 25.2. The second-order valence-corrected chi connectivity index (χ2v) is 7.01. The summed E-state index contributed by atoms with van der Waals surface area (Å²) < 4.78 is 10.7. The Hall–Kier alpha value is -2.08. The molecule has 0 radical (unpaired) electrons. The molecular formula is C20H29NO5. The lowest BCUT2D eigenvalue weighted by atomic mass is 9.90. The van der Waals surface area contributed by atoms with Gasteiger partial charge in [-0.25, -0.2) is 0 Å². The minimum absolute atomic E-state index is 0.0151. The first-order chi connectivity index (χ1) is 12.5. The van der Waals surface area contributed by atoms with E-state index in [-0.39, 0.29) is 11.8 Å². The van der Waals surface area contributed by atoms with Crippen LogP contribution in [0.2, 0.25) is 0 Å². The predicted molar refractivity (Wildman–Crippen MR) is 98.2 cm³/mol. The molecule has 2 unspecified atom stereocenters. The summed E-state index contributed by atoms with van der Waals surface area (Å²) >= 11 is 0. The SMILES string of the molecule is COCCc1ccc(OCCCC(=O)N2CC(C)CC(C(=O)O)C2)cc1. The fraction of sp³-hybridized carbons (Fsp3) is 0.600. The van der Waals surface area contributed by atoms with Crippen LogP contribution in [0.4, 0.5) is 0 Å². The third-order valence-electron chi connectivity index (χ3n) is 4.68. The minimum atomic E-state index is -0.813. The number of carbonyl (C=O) groups is 2. The molecule has 0 saturated carbocycles. The fourth-order valence-electron chi connectivity index (χ4n) is 3.28. The van der Waals surface area contributed by atoms with Crippen molar-refractivity contribution in [3.63, 3.8) is 0 Å². The number of ether oxygens (including phenoxy) is 2. The molecule has 0 spiro atoms. The first-order valence-electron chi connectivity index (χ1n) is 9.21. The number of amides is 1. The van der Waals surface area contributed by atoms with Crippen LogP contribution < -0.4 is 4.74 Å². The Labute approximate surface area is 155 Å². The van der Waals surface area contributed by atoms with E-state index < -0.39 is 11.9 Å². The fourth-order valence-corrected chi connectivity index (χ4v) is 3.28. The highest BCUT2D eigenvalue weighted by molar-refractivity contribution is 5.78. The highest BCUT2D eigenvalue weighted by Crippen LogP contribution is 2.22. The zero-order valence-electron chi connectivity index (χ0n) is 15.6. The van der Waals surface area contributed by atoms with Crippen molar-refractivity contribution < 1.29 is 24.2 Å². The van der Waals surface area contributed by atoms with Gasteiger partial charge in [-0.15, -0.1) is 0 Å². The van der Waals surface area contributed by atoms with E-state index in [1.165, 1.54) is 5.56 Å². The van der Waals surface area contributed by atoms with Gasteiger partial charge in [-0.05, 0) is 42.9 Å². The highest BCUT2D eigenvalue weighted by Gasteiger charge is 2.31. The molecule has 2 rings (SSSR count). The van der Waals surface area contributed by atoms with Gasteiger partial charge >= 0.3 is 5.97 Å². The molecule has 1 saturated heterocycles. The lowest BCUT2D eigenvalue weighted by Gasteiger charge is -2.34. The summed E-state index contributed by atoms with van der Waals surface area (Å²) in [5, 5.41) is 9.20. The molecule has 26 heavy (non-hydrogen) atoms. The van der Waals surface area contributed by atoms with E-state index in [4.69, 9.17) is 9.47 Å². The van der Waals surface area contributed by atoms with Gasteiger partial charge in [0.25, 0.3) is 0 Å². The van der Waals surface area contributed by atoms with E-state index in [9.17, 15) is 14.7 Å². The van der Waals surface area contributed by atoms with Crippen LogP contribution in [-0.2, 0) is 20.7 Å². The van der Waals surface area contributed by atoms with Crippen LogP contribution >= 0.6 is 0 Å². The number of carboxylic acids is 1. The maximum atomic E-state index is 12.3. The van der Waals surface area contributed by atoms with Crippen molar-refractivity contribution in [2.75, 3.05) is 33.4 Å². The molecule has 1 aliphatic heterocycles. The van der Waals surface area contributed by atoms with E-state index in [1.807, 2.05) is 31.2 Å². The van der Waals surface area contributed by atoms with Gasteiger partial charge in [-0.3, -0.25) is 9.59 Å². The Kier molecular flexibility index (Phi) is 7.91. The van der Waals surface area contributed by atoms with Crippen molar-refractivity contribution in [3.05, 3.63) is 29.8 Å². The van der Waals surface area contributed by atoms with Gasteiger partial charge in [-0.1, -0.05) is 19.1 Å². The van der Waals surface area contributed by atoms with Crippen molar-refractivity contribution in [1.29, 1.82) is 0 Å². The maximum absolute atomic E-state index is 12.3. The number of carbonyl (C=O) groups excluding carboxylic acids is 1. The molecule has 1 amide bonds. The van der Waals surface area contributed by atoms with E-state index in [1.54, 1.807) is 12.0 Å². The van der Waals surface area contributed by atoms with Crippen LogP contribution in [0.3, 0.4) is 0 Å². The van der Waals surface area contributed by atoms with Gasteiger partial charge in [0.2, 0.25) is 5.91 Å². The summed E-state index contributed by atoms with van der Waals surface area (Å²) in [5.41, 5.74) is 1.20. The molecule has 2 atom stereocenters. The molecule has 144 valence electrons. The van der Waals surface area contributed by atoms with E-state index in [0.29, 0.717) is 45.6 Å². The Morgan fingerprint density at radius 1 is 1.19 bits per heavy atom. The smallest absolute Gasteiger partial charge is 0.308 e. The zero-order chi connectivity index (χ0) is 18.9. The first kappa shape index (κ1) is 20.2. The van der Waals surface area contributed by atoms with Crippen LogP contribution in [-0.4, -0.2) is 55.3 Å². The molecule has 1 fully saturated rings. The summed E-state index contributed by atoms with van der Waals surface area (Å²) in [5.74, 6) is -0.235. The standard InChI is InChI=1S/C20H29NO5/c1-15-12-17(20(23)24)14-21(13-15)19(22)4-3-10-26-18-7-5-16(6-8-18)9-11-25-2/h5-8,15,17H,3-4,9-14H2,1-2H3,(H,23,24). The summed E-state index contributed by atoms with van der Waals surface area (Å²) in [6.45, 7) is 4.12. The third-order valence-corrected chi connectivity index (χ3v) is 4.68. The lowest BCUT2D eigenvalue weighted by Crippen LogP contribution is -2.45. The number of likely N-dealkylation sites (tertiary alicyclic amines) is 1. The Balaban J connectivity index is 1.70. The van der Waals surface area contributed by atoms with E-state index in [0.717, 1.165) is 12.2 Å².